The number of carbonyl (C=O) groups is 1. The highest BCUT2D eigenvalue weighted by atomic mass is 32.2. The van der Waals surface area contributed by atoms with Crippen molar-refractivity contribution in [2.45, 2.75) is 32.1 Å². The Balaban J connectivity index is 1.19. The summed E-state index contributed by atoms with van der Waals surface area (Å²) in [6.07, 6.45) is 0. The Labute approximate surface area is 200 Å². The van der Waals surface area contributed by atoms with Gasteiger partial charge in [-0.05, 0) is 43.2 Å². The topological polar surface area (TPSA) is 61.4 Å². The lowest BCUT2D eigenvalue weighted by molar-refractivity contribution is -0.113. The van der Waals surface area contributed by atoms with E-state index < -0.39 is 0 Å². The van der Waals surface area contributed by atoms with E-state index in [0.717, 1.165) is 56.3 Å². The number of rotatable bonds is 8. The van der Waals surface area contributed by atoms with Gasteiger partial charge in [-0.1, -0.05) is 54.2 Å². The van der Waals surface area contributed by atoms with E-state index in [1.54, 1.807) is 0 Å². The third-order valence-corrected chi connectivity index (χ3v) is 6.50. The summed E-state index contributed by atoms with van der Waals surface area (Å²) in [7, 11) is 0. The molecule has 1 N–H and O–H groups in total. The molecule has 172 valence electrons. The molecule has 2 aromatic carbocycles. The first-order valence-electron chi connectivity index (χ1n) is 11.4. The van der Waals surface area contributed by atoms with Gasteiger partial charge in [0.15, 0.2) is 5.16 Å². The summed E-state index contributed by atoms with van der Waals surface area (Å²) in [5.74, 6) is 0.239. The number of piperazine rings is 1. The van der Waals surface area contributed by atoms with E-state index in [-0.39, 0.29) is 11.7 Å². The SMILES string of the molecule is Cc1cc(C)nc(SCC(=O)Nc2ccc(CN3CCN(Cc4ccccc4)CC3)cc2)n1. The molecule has 0 saturated carbocycles. The Morgan fingerprint density at radius 2 is 1.39 bits per heavy atom. The van der Waals surface area contributed by atoms with E-state index in [4.69, 9.17) is 0 Å². The minimum atomic E-state index is -0.0509. The fraction of sp³-hybridized carbons (Fsp3) is 0.346. The van der Waals surface area contributed by atoms with Crippen LogP contribution in [0, 0.1) is 13.8 Å². The van der Waals surface area contributed by atoms with Crippen LogP contribution in [0.25, 0.3) is 0 Å². The van der Waals surface area contributed by atoms with Gasteiger partial charge in [0, 0.05) is 56.3 Å². The maximum absolute atomic E-state index is 12.3. The third kappa shape index (κ3) is 7.39. The highest BCUT2D eigenvalue weighted by Crippen LogP contribution is 2.17. The molecule has 1 aliphatic rings. The molecule has 0 unspecified atom stereocenters. The van der Waals surface area contributed by atoms with Crippen molar-refractivity contribution in [2.75, 3.05) is 37.2 Å². The monoisotopic (exact) mass is 461 g/mol. The van der Waals surface area contributed by atoms with Crippen LogP contribution in [0.15, 0.2) is 65.8 Å². The van der Waals surface area contributed by atoms with Crippen LogP contribution in [0.1, 0.15) is 22.5 Å². The van der Waals surface area contributed by atoms with Gasteiger partial charge in [0.05, 0.1) is 5.75 Å². The predicted octanol–water partition coefficient (Wildman–Crippen LogP) is 4.14. The van der Waals surface area contributed by atoms with Gasteiger partial charge in [-0.2, -0.15) is 0 Å². The molecule has 33 heavy (non-hydrogen) atoms. The molecule has 2 heterocycles. The molecule has 4 rings (SSSR count). The molecule has 1 fully saturated rings. The first kappa shape index (κ1) is 23.4. The van der Waals surface area contributed by atoms with Crippen molar-refractivity contribution in [3.63, 3.8) is 0 Å². The van der Waals surface area contributed by atoms with E-state index in [1.165, 1.54) is 22.9 Å². The lowest BCUT2D eigenvalue weighted by Gasteiger charge is -2.34. The first-order chi connectivity index (χ1) is 16.0. The van der Waals surface area contributed by atoms with Crippen molar-refractivity contribution in [2.24, 2.45) is 0 Å². The number of nitrogens with zero attached hydrogens (tertiary/aromatic N) is 4. The molecule has 1 saturated heterocycles. The number of carbonyl (C=O) groups excluding carboxylic acids is 1. The maximum atomic E-state index is 12.3. The number of aromatic nitrogens is 2. The molecule has 0 radical (unpaired) electrons. The van der Waals surface area contributed by atoms with Gasteiger partial charge in [0.1, 0.15) is 0 Å². The molecule has 7 heteroatoms. The molecule has 1 amide bonds. The summed E-state index contributed by atoms with van der Waals surface area (Å²) in [4.78, 5) is 26.1. The average Bonchev–Trinajstić information content (AvgIpc) is 2.80. The number of aryl methyl sites for hydroxylation is 2. The summed E-state index contributed by atoms with van der Waals surface area (Å²) in [6, 6.07) is 20.8. The summed E-state index contributed by atoms with van der Waals surface area (Å²) in [5.41, 5.74) is 5.29. The molecule has 1 aliphatic heterocycles. The van der Waals surface area contributed by atoms with Crippen molar-refractivity contribution in [1.29, 1.82) is 0 Å². The van der Waals surface area contributed by atoms with Crippen LogP contribution in [0.5, 0.6) is 0 Å². The smallest absolute Gasteiger partial charge is 0.234 e. The zero-order chi connectivity index (χ0) is 23.0. The largest absolute Gasteiger partial charge is 0.325 e. The van der Waals surface area contributed by atoms with E-state index in [2.05, 4.69) is 67.5 Å². The average molecular weight is 462 g/mol. The molecule has 0 spiro atoms. The number of hydrogen-bond donors (Lipinski definition) is 1. The van der Waals surface area contributed by atoms with Crippen molar-refractivity contribution < 1.29 is 4.79 Å². The minimum absolute atomic E-state index is 0.0509. The first-order valence-corrected chi connectivity index (χ1v) is 12.3. The maximum Gasteiger partial charge on any atom is 0.234 e. The highest BCUT2D eigenvalue weighted by Gasteiger charge is 2.17. The van der Waals surface area contributed by atoms with Crippen LogP contribution in [0.2, 0.25) is 0 Å². The van der Waals surface area contributed by atoms with Gasteiger partial charge in [0.2, 0.25) is 5.91 Å². The number of benzene rings is 2. The van der Waals surface area contributed by atoms with Gasteiger partial charge < -0.3 is 5.32 Å². The van der Waals surface area contributed by atoms with E-state index >= 15 is 0 Å². The molecular formula is C26H31N5OS. The fourth-order valence-corrected chi connectivity index (χ4v) is 4.73. The highest BCUT2D eigenvalue weighted by molar-refractivity contribution is 7.99. The lowest BCUT2D eigenvalue weighted by atomic mass is 10.1. The van der Waals surface area contributed by atoms with Gasteiger partial charge in [-0.25, -0.2) is 9.97 Å². The summed E-state index contributed by atoms with van der Waals surface area (Å²) in [5, 5.41) is 3.61. The van der Waals surface area contributed by atoms with Gasteiger partial charge in [-0.3, -0.25) is 14.6 Å². The van der Waals surface area contributed by atoms with Crippen LogP contribution in [0.3, 0.4) is 0 Å². The molecule has 0 aliphatic carbocycles. The Kier molecular flexibility index (Phi) is 8.10. The van der Waals surface area contributed by atoms with Crippen molar-refractivity contribution in [3.05, 3.63) is 83.2 Å². The Bertz CT molecular complexity index is 1030. The number of hydrogen-bond acceptors (Lipinski definition) is 6. The summed E-state index contributed by atoms with van der Waals surface area (Å²) >= 11 is 1.36. The van der Waals surface area contributed by atoms with Crippen molar-refractivity contribution >= 4 is 23.4 Å². The molecular weight excluding hydrogens is 430 g/mol. The molecule has 1 aromatic heterocycles. The summed E-state index contributed by atoms with van der Waals surface area (Å²) in [6.45, 7) is 10.2. The zero-order valence-electron chi connectivity index (χ0n) is 19.3. The Morgan fingerprint density at radius 3 is 1.97 bits per heavy atom. The van der Waals surface area contributed by atoms with Gasteiger partial charge >= 0.3 is 0 Å². The van der Waals surface area contributed by atoms with Crippen molar-refractivity contribution in [3.8, 4) is 0 Å². The molecule has 0 bridgehead atoms. The molecule has 0 atom stereocenters. The Hall–Kier alpha value is -2.74. The number of anilines is 1. The third-order valence-electron chi connectivity index (χ3n) is 5.65. The summed E-state index contributed by atoms with van der Waals surface area (Å²) < 4.78 is 0. The van der Waals surface area contributed by atoms with E-state index in [9.17, 15) is 4.79 Å². The van der Waals surface area contributed by atoms with E-state index in [0.29, 0.717) is 5.16 Å². The van der Waals surface area contributed by atoms with Crippen LogP contribution < -0.4 is 5.32 Å². The minimum Gasteiger partial charge on any atom is -0.325 e. The standard InChI is InChI=1S/C26H31N5OS/c1-20-16-21(2)28-26(27-20)33-19-25(32)29-24-10-8-23(9-11-24)18-31-14-12-30(13-15-31)17-22-6-4-3-5-7-22/h3-11,16H,12-15,17-19H2,1-2H3,(H,29,32). The van der Waals surface area contributed by atoms with Gasteiger partial charge in [-0.15, -0.1) is 0 Å². The number of amides is 1. The normalized spacial score (nSPS) is 14.8. The van der Waals surface area contributed by atoms with Crippen LogP contribution in [0.4, 0.5) is 5.69 Å². The van der Waals surface area contributed by atoms with Gasteiger partial charge in [0.25, 0.3) is 0 Å². The van der Waals surface area contributed by atoms with Crippen LogP contribution in [-0.4, -0.2) is 57.6 Å². The molecule has 3 aromatic rings. The number of nitrogens with one attached hydrogen (secondary N) is 1. The van der Waals surface area contributed by atoms with E-state index in [1.807, 2.05) is 32.0 Å². The quantitative estimate of drug-likeness (QED) is 0.402. The second kappa shape index (κ2) is 11.4. The zero-order valence-corrected chi connectivity index (χ0v) is 20.1. The second-order valence-electron chi connectivity index (χ2n) is 8.50. The van der Waals surface area contributed by atoms with Crippen LogP contribution >= 0.6 is 11.8 Å². The van der Waals surface area contributed by atoms with Crippen LogP contribution in [-0.2, 0) is 17.9 Å². The Morgan fingerprint density at radius 1 is 0.848 bits per heavy atom. The molecule has 6 nitrogen and oxygen atoms in total. The second-order valence-corrected chi connectivity index (χ2v) is 9.45. The fourth-order valence-electron chi connectivity index (χ4n) is 3.98. The predicted molar refractivity (Wildman–Crippen MR) is 134 cm³/mol. The lowest BCUT2D eigenvalue weighted by Crippen LogP contribution is -2.45. The van der Waals surface area contributed by atoms with Crippen molar-refractivity contribution in [1.82, 2.24) is 19.8 Å². The number of thioether (sulfide) groups is 1.